The molecule has 0 aliphatic heterocycles. The van der Waals surface area contributed by atoms with Gasteiger partial charge in [0.25, 0.3) is 0 Å². The minimum atomic E-state index is -3.94. The van der Waals surface area contributed by atoms with Crippen molar-refractivity contribution in [2.45, 2.75) is 4.21 Å². The Kier molecular flexibility index (Phi) is 2.95. The first-order chi connectivity index (χ1) is 4.11. The maximum absolute atomic E-state index is 10.3. The Hall–Kier alpha value is -0.460. The molecule has 6 heteroatoms. The molecule has 3 nitrogen and oxygen atoms in total. The summed E-state index contributed by atoms with van der Waals surface area (Å²) in [6.07, 6.45) is 0. The van der Waals surface area contributed by atoms with Gasteiger partial charge in [0.15, 0.2) is 0 Å². The lowest BCUT2D eigenvalue weighted by molar-refractivity contribution is 0.485. The molecule has 1 heterocycles. The molecule has 0 atom stereocenters. The van der Waals surface area contributed by atoms with Gasteiger partial charge >= 0.3 is 10.1 Å². The third-order valence-electron chi connectivity index (χ3n) is 0.749. The molecule has 0 radical (unpaired) electrons. The molecule has 0 spiro atoms. The molecule has 0 saturated heterocycles. The highest BCUT2D eigenvalue weighted by atomic mass is 32.3. The molecule has 0 saturated carbocycles. The predicted octanol–water partition coefficient (Wildman–Crippen LogP) is 1.15. The number of halogens is 1. The van der Waals surface area contributed by atoms with E-state index in [2.05, 4.69) is 0 Å². The van der Waals surface area contributed by atoms with Crippen LogP contribution in [0.4, 0.5) is 4.70 Å². The summed E-state index contributed by atoms with van der Waals surface area (Å²) in [5.74, 6) is 0. The minimum absolute atomic E-state index is 0. The SMILES string of the molecule is F.O=S(=O)(O)c1cccs1. The van der Waals surface area contributed by atoms with Crippen molar-refractivity contribution in [2.75, 3.05) is 0 Å². The average Bonchev–Trinajstić information content (AvgIpc) is 2.08. The van der Waals surface area contributed by atoms with E-state index in [0.717, 1.165) is 11.3 Å². The highest BCUT2D eigenvalue weighted by Crippen LogP contribution is 2.14. The molecule has 1 aromatic rings. The zero-order valence-electron chi connectivity index (χ0n) is 4.72. The first kappa shape index (κ1) is 9.54. The summed E-state index contributed by atoms with van der Waals surface area (Å²) in [4.78, 5) is 0. The largest absolute Gasteiger partial charge is 0.304 e. The van der Waals surface area contributed by atoms with E-state index in [9.17, 15) is 8.42 Å². The van der Waals surface area contributed by atoms with Crippen LogP contribution in [-0.2, 0) is 10.1 Å². The lowest BCUT2D eigenvalue weighted by atomic mass is 10.7. The van der Waals surface area contributed by atoms with Crippen molar-refractivity contribution in [1.82, 2.24) is 0 Å². The molecular formula is C4H5FO3S2. The smallest absolute Gasteiger partial charge is 0.281 e. The fraction of sp³-hybridized carbons (Fsp3) is 0. The summed E-state index contributed by atoms with van der Waals surface area (Å²) in [7, 11) is -3.94. The molecule has 0 amide bonds. The van der Waals surface area contributed by atoms with Crippen LogP contribution in [0.1, 0.15) is 0 Å². The van der Waals surface area contributed by atoms with Gasteiger partial charge in [-0.15, -0.1) is 11.3 Å². The number of hydrogen-bond acceptors (Lipinski definition) is 3. The lowest BCUT2D eigenvalue weighted by Crippen LogP contribution is -1.92. The van der Waals surface area contributed by atoms with Gasteiger partial charge in [-0.3, -0.25) is 9.26 Å². The molecule has 10 heavy (non-hydrogen) atoms. The molecule has 1 rings (SSSR count). The van der Waals surface area contributed by atoms with Crippen molar-refractivity contribution in [3.05, 3.63) is 17.5 Å². The van der Waals surface area contributed by atoms with E-state index in [0.29, 0.717) is 0 Å². The van der Waals surface area contributed by atoms with Gasteiger partial charge in [-0.2, -0.15) is 8.42 Å². The Balaban J connectivity index is 0.000000810. The summed E-state index contributed by atoms with van der Waals surface area (Å²) in [6, 6.07) is 2.91. The summed E-state index contributed by atoms with van der Waals surface area (Å²) in [6.45, 7) is 0. The van der Waals surface area contributed by atoms with E-state index in [4.69, 9.17) is 4.55 Å². The van der Waals surface area contributed by atoms with E-state index in [1.54, 1.807) is 11.4 Å². The molecule has 0 fully saturated rings. The normalized spacial score (nSPS) is 10.5. The van der Waals surface area contributed by atoms with E-state index in [-0.39, 0.29) is 8.91 Å². The van der Waals surface area contributed by atoms with Crippen molar-refractivity contribution in [2.24, 2.45) is 0 Å². The topological polar surface area (TPSA) is 54.4 Å². The predicted molar refractivity (Wildman–Crippen MR) is 36.6 cm³/mol. The average molecular weight is 184 g/mol. The second kappa shape index (κ2) is 3.09. The quantitative estimate of drug-likeness (QED) is 0.666. The Labute approximate surface area is 61.4 Å². The molecule has 1 N–H and O–H groups in total. The Bertz CT molecular complexity index is 275. The van der Waals surface area contributed by atoms with Crippen molar-refractivity contribution >= 4 is 21.5 Å². The standard InChI is InChI=1S/C4H4O3S2.FH/c5-9(6,7)4-2-1-3-8-4;/h1-3H,(H,5,6,7);1H. The van der Waals surface area contributed by atoms with Crippen molar-refractivity contribution < 1.29 is 17.7 Å². The van der Waals surface area contributed by atoms with E-state index in [1.807, 2.05) is 0 Å². The van der Waals surface area contributed by atoms with Crippen molar-refractivity contribution in [1.29, 1.82) is 0 Å². The van der Waals surface area contributed by atoms with Crippen LogP contribution in [0.15, 0.2) is 21.7 Å². The Morgan fingerprint density at radius 2 is 2.10 bits per heavy atom. The summed E-state index contributed by atoms with van der Waals surface area (Å²) in [5, 5.41) is 1.59. The van der Waals surface area contributed by atoms with Crippen molar-refractivity contribution in [3.63, 3.8) is 0 Å². The second-order valence-corrected chi connectivity index (χ2v) is 4.00. The van der Waals surface area contributed by atoms with Gasteiger partial charge in [0, 0.05) is 0 Å². The van der Waals surface area contributed by atoms with Gasteiger partial charge in [0.05, 0.1) is 0 Å². The van der Waals surface area contributed by atoms with Crippen LogP contribution in [0.5, 0.6) is 0 Å². The monoisotopic (exact) mass is 184 g/mol. The molecule has 0 aliphatic rings. The first-order valence-corrected chi connectivity index (χ1v) is 4.43. The minimum Gasteiger partial charge on any atom is -0.281 e. The highest BCUT2D eigenvalue weighted by Gasteiger charge is 2.08. The van der Waals surface area contributed by atoms with Gasteiger partial charge in [-0.05, 0) is 11.4 Å². The molecule has 0 unspecified atom stereocenters. The van der Waals surface area contributed by atoms with Crippen LogP contribution in [0.25, 0.3) is 0 Å². The van der Waals surface area contributed by atoms with Crippen molar-refractivity contribution in [3.8, 4) is 0 Å². The maximum atomic E-state index is 10.3. The molecule has 0 aliphatic carbocycles. The van der Waals surface area contributed by atoms with E-state index in [1.165, 1.54) is 6.07 Å². The van der Waals surface area contributed by atoms with Gasteiger partial charge in [-0.1, -0.05) is 6.07 Å². The number of hydrogen-bond donors (Lipinski definition) is 1. The summed E-state index contributed by atoms with van der Waals surface area (Å²) in [5.41, 5.74) is 0. The molecule has 0 bridgehead atoms. The lowest BCUT2D eigenvalue weighted by Gasteiger charge is -1.84. The summed E-state index contributed by atoms with van der Waals surface area (Å²) >= 11 is 0.992. The number of thiophene rings is 1. The second-order valence-electron chi connectivity index (χ2n) is 1.41. The van der Waals surface area contributed by atoms with Gasteiger partial charge in [-0.25, -0.2) is 0 Å². The van der Waals surface area contributed by atoms with E-state index < -0.39 is 10.1 Å². The molecule has 1 aromatic heterocycles. The third-order valence-corrected chi connectivity index (χ3v) is 2.98. The highest BCUT2D eigenvalue weighted by molar-refractivity contribution is 7.88. The molecule has 58 valence electrons. The van der Waals surface area contributed by atoms with Crippen LogP contribution in [0.2, 0.25) is 0 Å². The van der Waals surface area contributed by atoms with Gasteiger partial charge in [0.2, 0.25) is 0 Å². The van der Waals surface area contributed by atoms with Gasteiger partial charge in [0.1, 0.15) is 4.21 Å². The molecular weight excluding hydrogens is 179 g/mol. The fourth-order valence-electron chi connectivity index (χ4n) is 0.410. The van der Waals surface area contributed by atoms with E-state index >= 15 is 0 Å². The first-order valence-electron chi connectivity index (χ1n) is 2.12. The van der Waals surface area contributed by atoms with Crippen LogP contribution < -0.4 is 0 Å². The Morgan fingerprint density at radius 1 is 1.50 bits per heavy atom. The zero-order valence-corrected chi connectivity index (χ0v) is 6.35. The zero-order chi connectivity index (χ0) is 6.91. The third kappa shape index (κ3) is 2.05. The summed E-state index contributed by atoms with van der Waals surface area (Å²) < 4.78 is 28.9. The number of rotatable bonds is 1. The van der Waals surface area contributed by atoms with Crippen LogP contribution >= 0.6 is 11.3 Å². The van der Waals surface area contributed by atoms with Crippen LogP contribution in [0.3, 0.4) is 0 Å². The Morgan fingerprint density at radius 3 is 2.30 bits per heavy atom. The van der Waals surface area contributed by atoms with Crippen LogP contribution in [-0.4, -0.2) is 13.0 Å². The maximum Gasteiger partial charge on any atom is 0.304 e. The molecule has 0 aromatic carbocycles. The fourth-order valence-corrected chi connectivity index (χ4v) is 1.76. The van der Waals surface area contributed by atoms with Gasteiger partial charge < -0.3 is 0 Å². The van der Waals surface area contributed by atoms with Crippen LogP contribution in [0, 0.1) is 0 Å².